The van der Waals surface area contributed by atoms with Crippen LogP contribution in [0.1, 0.15) is 23.2 Å². The minimum Gasteiger partial charge on any atom is -0.377 e. The van der Waals surface area contributed by atoms with Crippen LogP contribution in [-0.2, 0) is 18.8 Å². The number of nitrogens with one attached hydrogen (secondary N) is 2. The van der Waals surface area contributed by atoms with Crippen molar-refractivity contribution < 1.29 is 8.78 Å². The van der Waals surface area contributed by atoms with Crippen LogP contribution < -0.4 is 10.6 Å². The molecule has 2 N–H and O–H groups in total. The molecule has 0 saturated carbocycles. The monoisotopic (exact) mass is 351 g/mol. The van der Waals surface area contributed by atoms with Crippen molar-refractivity contribution in [3.8, 4) is 0 Å². The van der Waals surface area contributed by atoms with Gasteiger partial charge in [-0.1, -0.05) is 23.7 Å². The molecule has 1 aromatic heterocycles. The van der Waals surface area contributed by atoms with Crippen LogP contribution in [0.2, 0.25) is 5.02 Å². The Labute approximate surface area is 145 Å². The third kappa shape index (κ3) is 3.84. The van der Waals surface area contributed by atoms with E-state index < -0.39 is 12.5 Å². The smallest absolute Gasteiger partial charge is 0.306 e. The lowest BCUT2D eigenvalue weighted by Crippen LogP contribution is -2.27. The second-order valence-electron chi connectivity index (χ2n) is 5.94. The lowest BCUT2D eigenvalue weighted by molar-refractivity contribution is 0.00599. The Bertz CT molecular complexity index is 692. The summed E-state index contributed by atoms with van der Waals surface area (Å²) in [7, 11) is 0. The molecule has 1 aliphatic rings. The molecule has 1 aliphatic heterocycles. The summed E-state index contributed by atoms with van der Waals surface area (Å²) in [4.78, 5) is 3.77. The van der Waals surface area contributed by atoms with Gasteiger partial charge in [0, 0.05) is 6.20 Å². The number of aromatic nitrogens is 1. The molecular formula is C18H20ClF2N3. The summed E-state index contributed by atoms with van der Waals surface area (Å²) in [6.07, 6.45) is 4.03. The molecule has 2 heterocycles. The van der Waals surface area contributed by atoms with Crippen LogP contribution in [0.4, 0.5) is 14.5 Å². The first-order valence-corrected chi connectivity index (χ1v) is 8.50. The molecule has 0 radical (unpaired) electrons. The SMILES string of the molecule is FC(F)(CNc1c(Cl)ccc2c1CCCNCC2)c1ccccn1. The zero-order valence-corrected chi connectivity index (χ0v) is 14.0. The van der Waals surface area contributed by atoms with Gasteiger partial charge in [0.25, 0.3) is 0 Å². The van der Waals surface area contributed by atoms with Crippen LogP contribution in [0, 0.1) is 0 Å². The van der Waals surface area contributed by atoms with E-state index in [9.17, 15) is 8.78 Å². The van der Waals surface area contributed by atoms with E-state index in [0.29, 0.717) is 10.7 Å². The number of nitrogens with zero attached hydrogens (tertiary/aromatic N) is 1. The molecule has 3 nitrogen and oxygen atoms in total. The molecule has 24 heavy (non-hydrogen) atoms. The van der Waals surface area contributed by atoms with Crippen LogP contribution in [0.3, 0.4) is 0 Å². The van der Waals surface area contributed by atoms with Gasteiger partial charge < -0.3 is 10.6 Å². The minimum absolute atomic E-state index is 0.239. The van der Waals surface area contributed by atoms with Gasteiger partial charge in [-0.2, -0.15) is 8.78 Å². The number of pyridine rings is 1. The quantitative estimate of drug-likeness (QED) is 0.873. The van der Waals surface area contributed by atoms with Gasteiger partial charge in [0.1, 0.15) is 5.69 Å². The lowest BCUT2D eigenvalue weighted by atomic mass is 9.96. The Hall–Kier alpha value is -1.72. The number of hydrogen-bond acceptors (Lipinski definition) is 3. The van der Waals surface area contributed by atoms with Crippen molar-refractivity contribution in [3.05, 3.63) is 58.4 Å². The minimum atomic E-state index is -3.06. The lowest BCUT2D eigenvalue weighted by Gasteiger charge is -2.23. The van der Waals surface area contributed by atoms with Crippen molar-refractivity contribution in [1.82, 2.24) is 10.3 Å². The summed E-state index contributed by atoms with van der Waals surface area (Å²) in [5.41, 5.74) is 2.61. The predicted molar refractivity (Wildman–Crippen MR) is 93.0 cm³/mol. The summed E-state index contributed by atoms with van der Waals surface area (Å²) in [6, 6.07) is 8.30. The van der Waals surface area contributed by atoms with E-state index in [-0.39, 0.29) is 5.69 Å². The fourth-order valence-corrected chi connectivity index (χ4v) is 3.22. The number of hydrogen-bond donors (Lipinski definition) is 2. The number of anilines is 1. The predicted octanol–water partition coefficient (Wildman–Crippen LogP) is 4.02. The Balaban J connectivity index is 1.83. The summed E-state index contributed by atoms with van der Waals surface area (Å²) in [5.74, 6) is -3.06. The number of rotatable bonds is 4. The van der Waals surface area contributed by atoms with Crippen molar-refractivity contribution in [2.45, 2.75) is 25.2 Å². The highest BCUT2D eigenvalue weighted by atomic mass is 35.5. The first-order valence-electron chi connectivity index (χ1n) is 8.12. The highest BCUT2D eigenvalue weighted by Gasteiger charge is 2.33. The molecule has 6 heteroatoms. The van der Waals surface area contributed by atoms with Crippen LogP contribution in [0.25, 0.3) is 0 Å². The fourth-order valence-electron chi connectivity index (χ4n) is 2.98. The van der Waals surface area contributed by atoms with E-state index in [2.05, 4.69) is 15.6 Å². The number of fused-ring (bicyclic) bond motifs is 1. The zero-order valence-electron chi connectivity index (χ0n) is 13.3. The van der Waals surface area contributed by atoms with E-state index in [1.807, 2.05) is 6.07 Å². The van der Waals surface area contributed by atoms with E-state index in [4.69, 9.17) is 11.6 Å². The second-order valence-corrected chi connectivity index (χ2v) is 6.34. The second kappa shape index (κ2) is 7.45. The molecule has 0 fully saturated rings. The maximum atomic E-state index is 14.4. The summed E-state index contributed by atoms with van der Waals surface area (Å²) >= 11 is 6.29. The van der Waals surface area contributed by atoms with E-state index in [1.54, 1.807) is 18.2 Å². The molecule has 0 atom stereocenters. The van der Waals surface area contributed by atoms with E-state index in [0.717, 1.165) is 43.5 Å². The average Bonchev–Trinajstić information content (AvgIpc) is 2.56. The molecule has 0 bridgehead atoms. The van der Waals surface area contributed by atoms with Gasteiger partial charge in [-0.15, -0.1) is 0 Å². The molecule has 2 aromatic rings. The molecule has 128 valence electrons. The normalized spacial score (nSPS) is 15.3. The topological polar surface area (TPSA) is 37.0 Å². The Morgan fingerprint density at radius 2 is 2.04 bits per heavy atom. The van der Waals surface area contributed by atoms with E-state index >= 15 is 0 Å². The molecule has 0 aliphatic carbocycles. The van der Waals surface area contributed by atoms with Gasteiger partial charge in [0.15, 0.2) is 0 Å². The number of benzene rings is 1. The molecule has 1 aromatic carbocycles. The van der Waals surface area contributed by atoms with Crippen molar-refractivity contribution in [3.63, 3.8) is 0 Å². The van der Waals surface area contributed by atoms with Crippen LogP contribution >= 0.6 is 11.6 Å². The highest BCUT2D eigenvalue weighted by Crippen LogP contribution is 2.33. The molecular weight excluding hydrogens is 332 g/mol. The summed E-state index contributed by atoms with van der Waals surface area (Å²) in [6.45, 7) is 1.28. The van der Waals surface area contributed by atoms with Gasteiger partial charge in [0.05, 0.1) is 17.3 Å². The molecule has 0 spiro atoms. The largest absolute Gasteiger partial charge is 0.377 e. The first kappa shape index (κ1) is 17.1. The van der Waals surface area contributed by atoms with Crippen LogP contribution in [0.5, 0.6) is 0 Å². The van der Waals surface area contributed by atoms with Crippen molar-refractivity contribution in [1.29, 1.82) is 0 Å². The standard InChI is InChI=1S/C18H20ClF2N3/c19-15-7-6-13-8-11-22-9-3-4-14(13)17(15)24-12-18(20,21)16-5-1-2-10-23-16/h1-2,5-7,10,22,24H,3-4,8-9,11-12H2. The van der Waals surface area contributed by atoms with Crippen molar-refractivity contribution >= 4 is 17.3 Å². The average molecular weight is 352 g/mol. The maximum Gasteiger partial charge on any atom is 0.306 e. The van der Waals surface area contributed by atoms with Crippen LogP contribution in [0.15, 0.2) is 36.5 Å². The Morgan fingerprint density at radius 1 is 1.17 bits per heavy atom. The number of alkyl halides is 2. The van der Waals surface area contributed by atoms with Gasteiger partial charge in [-0.05, 0) is 61.7 Å². The van der Waals surface area contributed by atoms with Crippen molar-refractivity contribution in [2.24, 2.45) is 0 Å². The van der Waals surface area contributed by atoms with Gasteiger partial charge in [0.2, 0.25) is 0 Å². The van der Waals surface area contributed by atoms with Crippen LogP contribution in [-0.4, -0.2) is 24.6 Å². The van der Waals surface area contributed by atoms with Crippen molar-refractivity contribution in [2.75, 3.05) is 25.0 Å². The van der Waals surface area contributed by atoms with E-state index in [1.165, 1.54) is 12.3 Å². The fraction of sp³-hybridized carbons (Fsp3) is 0.389. The Morgan fingerprint density at radius 3 is 2.83 bits per heavy atom. The van der Waals surface area contributed by atoms with Gasteiger partial charge in [-0.3, -0.25) is 4.98 Å². The van der Waals surface area contributed by atoms with Gasteiger partial charge in [-0.25, -0.2) is 0 Å². The Kier molecular flexibility index (Phi) is 5.31. The molecule has 0 saturated heterocycles. The number of halogens is 3. The third-order valence-corrected chi connectivity index (χ3v) is 4.55. The highest BCUT2D eigenvalue weighted by molar-refractivity contribution is 6.33. The summed E-state index contributed by atoms with van der Waals surface area (Å²) in [5, 5.41) is 6.73. The summed E-state index contributed by atoms with van der Waals surface area (Å²) < 4.78 is 28.7. The zero-order chi connectivity index (χ0) is 17.0. The molecule has 3 rings (SSSR count). The maximum absolute atomic E-state index is 14.4. The first-order chi connectivity index (χ1) is 11.6. The third-order valence-electron chi connectivity index (χ3n) is 4.24. The van der Waals surface area contributed by atoms with Gasteiger partial charge >= 0.3 is 5.92 Å². The molecule has 0 amide bonds. The molecule has 0 unspecified atom stereocenters.